The van der Waals surface area contributed by atoms with E-state index in [4.69, 9.17) is 16.7 Å². The van der Waals surface area contributed by atoms with Crippen LogP contribution >= 0.6 is 24.0 Å². The average molecular weight is 485 g/mol. The Labute approximate surface area is 189 Å². The lowest BCUT2D eigenvalue weighted by Gasteiger charge is -2.19. The number of amides is 1. The number of aromatic nitrogens is 2. The number of hydrogen-bond donors (Lipinski definition) is 3. The Morgan fingerprint density at radius 1 is 1.10 bits per heavy atom. The number of imidazole rings is 1. The lowest BCUT2D eigenvalue weighted by Crippen LogP contribution is -2.46. The van der Waals surface area contributed by atoms with Crippen molar-refractivity contribution < 1.29 is 23.1 Å². The van der Waals surface area contributed by atoms with E-state index in [9.17, 15) is 18.0 Å². The second-order valence-electron chi connectivity index (χ2n) is 6.26. The van der Waals surface area contributed by atoms with Crippen molar-refractivity contribution in [3.05, 3.63) is 77.8 Å². The van der Waals surface area contributed by atoms with Crippen molar-refractivity contribution in [1.82, 2.24) is 14.3 Å². The molecule has 3 N–H and O–H groups in total. The summed E-state index contributed by atoms with van der Waals surface area (Å²) in [6.07, 6.45) is 4.56. The first-order valence-corrected chi connectivity index (χ1v) is 10.5. The Kier molecular flexibility index (Phi) is 8.17. The highest BCUT2D eigenvalue weighted by Gasteiger charge is 2.26. The first kappa shape index (κ1) is 24.4. The SMILES string of the molecule is Cl.O=C(O)c1ccc(NC(=O)C(Cn2ccnc2)NS(=O)(=O)c2ccc(Cl)cc2)cc1. The number of aromatic carboxylic acids is 1. The normalized spacial score (nSPS) is 11.9. The van der Waals surface area contributed by atoms with Crippen LogP contribution in [0, 0.1) is 0 Å². The van der Waals surface area contributed by atoms with E-state index in [2.05, 4.69) is 15.0 Å². The van der Waals surface area contributed by atoms with E-state index in [1.165, 1.54) is 61.1 Å². The summed E-state index contributed by atoms with van der Waals surface area (Å²) in [6, 6.07) is 9.88. The number of carbonyl (C=O) groups excluding carboxylic acids is 1. The molecule has 1 heterocycles. The Morgan fingerprint density at radius 2 is 1.74 bits per heavy atom. The molecule has 0 aliphatic carbocycles. The number of carboxylic acids is 1. The zero-order valence-corrected chi connectivity index (χ0v) is 18.2. The Hall–Kier alpha value is -2.92. The topological polar surface area (TPSA) is 130 Å². The Bertz CT molecular complexity index is 1140. The number of halogens is 2. The summed E-state index contributed by atoms with van der Waals surface area (Å²) >= 11 is 5.81. The molecular formula is C19H18Cl2N4O5S. The molecule has 0 radical (unpaired) electrons. The summed E-state index contributed by atoms with van der Waals surface area (Å²) in [4.78, 5) is 27.6. The third-order valence-corrected chi connectivity index (χ3v) is 5.83. The predicted octanol–water partition coefficient (Wildman–Crippen LogP) is 2.64. The first-order chi connectivity index (χ1) is 14.2. The molecule has 31 heavy (non-hydrogen) atoms. The van der Waals surface area contributed by atoms with Gasteiger partial charge in [0, 0.05) is 29.6 Å². The van der Waals surface area contributed by atoms with Gasteiger partial charge < -0.3 is 15.0 Å². The van der Waals surface area contributed by atoms with E-state index in [0.29, 0.717) is 10.7 Å². The van der Waals surface area contributed by atoms with Gasteiger partial charge in [0.15, 0.2) is 0 Å². The highest BCUT2D eigenvalue weighted by molar-refractivity contribution is 7.89. The molecule has 0 spiro atoms. The molecule has 1 aromatic heterocycles. The van der Waals surface area contributed by atoms with Gasteiger partial charge in [-0.1, -0.05) is 11.6 Å². The number of carboxylic acid groups (broad SMARTS) is 1. The van der Waals surface area contributed by atoms with Gasteiger partial charge in [0.1, 0.15) is 6.04 Å². The fourth-order valence-electron chi connectivity index (χ4n) is 2.57. The van der Waals surface area contributed by atoms with Crippen LogP contribution in [0.25, 0.3) is 0 Å². The second-order valence-corrected chi connectivity index (χ2v) is 8.41. The van der Waals surface area contributed by atoms with Gasteiger partial charge in [-0.3, -0.25) is 4.79 Å². The highest BCUT2D eigenvalue weighted by atomic mass is 35.5. The molecule has 0 aliphatic heterocycles. The Morgan fingerprint density at radius 3 is 2.29 bits per heavy atom. The summed E-state index contributed by atoms with van der Waals surface area (Å²) in [5.74, 6) is -1.72. The zero-order valence-electron chi connectivity index (χ0n) is 15.8. The fraction of sp³-hybridized carbons (Fsp3) is 0.105. The maximum absolute atomic E-state index is 12.8. The van der Waals surface area contributed by atoms with Gasteiger partial charge >= 0.3 is 5.97 Å². The van der Waals surface area contributed by atoms with Crippen LogP contribution in [0.15, 0.2) is 72.1 Å². The van der Waals surface area contributed by atoms with Crippen LogP contribution in [-0.4, -0.2) is 41.0 Å². The summed E-state index contributed by atoms with van der Waals surface area (Å²) in [5.41, 5.74) is 0.387. The minimum atomic E-state index is -4.02. The summed E-state index contributed by atoms with van der Waals surface area (Å²) < 4.78 is 29.4. The molecular weight excluding hydrogens is 467 g/mol. The molecule has 0 fully saturated rings. The molecule has 164 valence electrons. The molecule has 0 saturated heterocycles. The van der Waals surface area contributed by atoms with Crippen molar-refractivity contribution in [1.29, 1.82) is 0 Å². The van der Waals surface area contributed by atoms with E-state index in [1.807, 2.05) is 0 Å². The van der Waals surface area contributed by atoms with Crippen molar-refractivity contribution in [3.63, 3.8) is 0 Å². The molecule has 3 rings (SSSR count). The van der Waals surface area contributed by atoms with Crippen molar-refractivity contribution in [3.8, 4) is 0 Å². The highest BCUT2D eigenvalue weighted by Crippen LogP contribution is 2.15. The standard InChI is InChI=1S/C19H17ClN4O5S.ClH/c20-14-3-7-16(8-4-14)30(28,29)23-17(11-24-10-9-21-12-24)18(25)22-15-5-1-13(2-6-15)19(26)27;/h1-10,12,17,23H,11H2,(H,22,25)(H,26,27);1H. The third kappa shape index (κ3) is 6.53. The van der Waals surface area contributed by atoms with Crippen LogP contribution < -0.4 is 10.0 Å². The number of anilines is 1. The van der Waals surface area contributed by atoms with Gasteiger partial charge in [-0.2, -0.15) is 4.72 Å². The number of carbonyl (C=O) groups is 2. The van der Waals surface area contributed by atoms with Gasteiger partial charge in [0.25, 0.3) is 0 Å². The number of nitrogens with one attached hydrogen (secondary N) is 2. The minimum absolute atomic E-state index is 0. The molecule has 3 aromatic rings. The third-order valence-electron chi connectivity index (χ3n) is 4.09. The van der Waals surface area contributed by atoms with E-state index in [0.717, 1.165) is 0 Å². The lowest BCUT2D eigenvalue weighted by atomic mass is 10.2. The minimum Gasteiger partial charge on any atom is -0.478 e. The van der Waals surface area contributed by atoms with Crippen LogP contribution in [0.4, 0.5) is 5.69 Å². The number of sulfonamides is 1. The maximum atomic E-state index is 12.8. The van der Waals surface area contributed by atoms with Crippen molar-refractivity contribution in [2.45, 2.75) is 17.5 Å². The largest absolute Gasteiger partial charge is 0.478 e. The van der Waals surface area contributed by atoms with Gasteiger partial charge in [-0.05, 0) is 48.5 Å². The molecule has 0 aliphatic rings. The van der Waals surface area contributed by atoms with Crippen LogP contribution in [0.2, 0.25) is 5.02 Å². The van der Waals surface area contributed by atoms with Gasteiger partial charge in [0.2, 0.25) is 15.9 Å². The maximum Gasteiger partial charge on any atom is 0.335 e. The quantitative estimate of drug-likeness (QED) is 0.450. The summed E-state index contributed by atoms with van der Waals surface area (Å²) in [5, 5.41) is 11.9. The van der Waals surface area contributed by atoms with Crippen molar-refractivity contribution in [2.24, 2.45) is 0 Å². The average Bonchev–Trinajstić information content (AvgIpc) is 3.21. The molecule has 1 unspecified atom stereocenters. The zero-order chi connectivity index (χ0) is 21.7. The van der Waals surface area contributed by atoms with Crippen LogP contribution in [-0.2, 0) is 21.4 Å². The monoisotopic (exact) mass is 484 g/mol. The lowest BCUT2D eigenvalue weighted by molar-refractivity contribution is -0.118. The summed E-state index contributed by atoms with van der Waals surface area (Å²) in [6.45, 7) is -0.00807. The first-order valence-electron chi connectivity index (χ1n) is 8.62. The molecule has 1 atom stereocenters. The van der Waals surface area contributed by atoms with Crippen molar-refractivity contribution in [2.75, 3.05) is 5.32 Å². The number of hydrogen-bond acceptors (Lipinski definition) is 5. The van der Waals surface area contributed by atoms with Crippen LogP contribution in [0.1, 0.15) is 10.4 Å². The van der Waals surface area contributed by atoms with E-state index in [1.54, 1.807) is 10.8 Å². The van der Waals surface area contributed by atoms with E-state index in [-0.39, 0.29) is 29.4 Å². The smallest absolute Gasteiger partial charge is 0.335 e. The number of nitrogens with zero attached hydrogens (tertiary/aromatic N) is 2. The Balaban J connectivity index is 0.00000341. The molecule has 0 bridgehead atoms. The van der Waals surface area contributed by atoms with Crippen LogP contribution in [0.3, 0.4) is 0 Å². The molecule has 0 saturated carbocycles. The second kappa shape index (κ2) is 10.4. The van der Waals surface area contributed by atoms with Gasteiger partial charge in [-0.25, -0.2) is 18.2 Å². The number of rotatable bonds is 8. The predicted molar refractivity (Wildman–Crippen MR) is 117 cm³/mol. The molecule has 2 aromatic carbocycles. The van der Waals surface area contributed by atoms with E-state index >= 15 is 0 Å². The molecule has 9 nitrogen and oxygen atoms in total. The van der Waals surface area contributed by atoms with Gasteiger partial charge in [-0.15, -0.1) is 12.4 Å². The molecule has 1 amide bonds. The van der Waals surface area contributed by atoms with Gasteiger partial charge in [0.05, 0.1) is 16.8 Å². The van der Waals surface area contributed by atoms with E-state index < -0.39 is 27.9 Å². The van der Waals surface area contributed by atoms with Crippen LogP contribution in [0.5, 0.6) is 0 Å². The molecule has 12 heteroatoms. The summed E-state index contributed by atoms with van der Waals surface area (Å²) in [7, 11) is -4.02. The number of benzene rings is 2. The van der Waals surface area contributed by atoms with Crippen molar-refractivity contribution >= 4 is 51.6 Å². The fourth-order valence-corrected chi connectivity index (χ4v) is 3.89.